The first-order valence-corrected chi connectivity index (χ1v) is 16.9. The quantitative estimate of drug-likeness (QED) is 0.0537. The number of carbonyl (C=O) groups is 2. The summed E-state index contributed by atoms with van der Waals surface area (Å²) in [4.78, 5) is 28.4. The number of anilines is 1. The van der Waals surface area contributed by atoms with Crippen molar-refractivity contribution < 1.29 is 19.4 Å². The molecule has 0 bridgehead atoms. The lowest BCUT2D eigenvalue weighted by Crippen LogP contribution is -2.29. The number of hydrogen-bond acceptors (Lipinski definition) is 8. The summed E-state index contributed by atoms with van der Waals surface area (Å²) >= 11 is 21.2. The third-order valence-electron chi connectivity index (χ3n) is 7.36. The Morgan fingerprint density at radius 1 is 0.935 bits per heavy atom. The number of carbonyl (C=O) groups excluding carboxylic acids is 2. The molecule has 1 saturated heterocycles. The normalized spacial score (nSPS) is 15.8. The second kappa shape index (κ2) is 13.9. The maximum atomic E-state index is 13.6. The Labute approximate surface area is 288 Å². The summed E-state index contributed by atoms with van der Waals surface area (Å²) in [6.45, 7) is 2.39. The number of ether oxygens (including phenoxy) is 1. The summed E-state index contributed by atoms with van der Waals surface area (Å²) in [5, 5.41) is 21.4. The first-order valence-electron chi connectivity index (χ1n) is 13.9. The average Bonchev–Trinajstić information content (AvgIpc) is 3.63. The van der Waals surface area contributed by atoms with Gasteiger partial charge in [-0.2, -0.15) is 0 Å². The van der Waals surface area contributed by atoms with Gasteiger partial charge in [0.15, 0.2) is 4.34 Å². The highest BCUT2D eigenvalue weighted by Crippen LogP contribution is 2.45. The van der Waals surface area contributed by atoms with E-state index in [2.05, 4.69) is 10.2 Å². The molecule has 12 heteroatoms. The predicted octanol–water partition coefficient (Wildman–Crippen LogP) is 9.30. The fraction of sp³-hybridized carbons (Fsp3) is 0.118. The minimum Gasteiger partial charge on any atom is -0.507 e. The van der Waals surface area contributed by atoms with Crippen molar-refractivity contribution in [2.45, 2.75) is 29.7 Å². The standard InChI is InChI=1S/C34H24Cl3N3O4S2/c1-19-4-2-3-5-23(19)17-44-25-13-8-21(9-14-25)30(41)28-29(22-10-15-26(36)27(37)16-22)40(32(43)31(28)42)33-38-39-34(46-33)45-18-20-6-11-24(35)12-7-20/h2-16,29,41H,17-18H2,1H3. The van der Waals surface area contributed by atoms with Crippen LogP contribution in [-0.2, 0) is 21.9 Å². The second-order valence-corrected chi connectivity index (χ2v) is 13.8. The van der Waals surface area contributed by atoms with Gasteiger partial charge in [0.1, 0.15) is 18.1 Å². The van der Waals surface area contributed by atoms with Crippen LogP contribution >= 0.6 is 57.9 Å². The molecule has 1 N–H and O–H groups in total. The summed E-state index contributed by atoms with van der Waals surface area (Å²) in [5.41, 5.74) is 3.91. The number of aromatic nitrogens is 2. The highest BCUT2D eigenvalue weighted by molar-refractivity contribution is 8.00. The topological polar surface area (TPSA) is 92.6 Å². The van der Waals surface area contributed by atoms with Crippen LogP contribution in [-0.4, -0.2) is 27.0 Å². The van der Waals surface area contributed by atoms with E-state index in [0.29, 0.717) is 43.6 Å². The van der Waals surface area contributed by atoms with Crippen LogP contribution in [0.3, 0.4) is 0 Å². The van der Waals surface area contributed by atoms with Crippen molar-refractivity contribution in [3.8, 4) is 5.75 Å². The molecule has 0 saturated carbocycles. The van der Waals surface area contributed by atoms with E-state index < -0.39 is 17.7 Å². The Kier molecular flexibility index (Phi) is 9.67. The van der Waals surface area contributed by atoms with Gasteiger partial charge in [-0.3, -0.25) is 14.5 Å². The lowest BCUT2D eigenvalue weighted by atomic mass is 9.95. The van der Waals surface area contributed by atoms with E-state index in [9.17, 15) is 14.7 Å². The molecule has 46 heavy (non-hydrogen) atoms. The van der Waals surface area contributed by atoms with Crippen LogP contribution in [0.15, 0.2) is 101 Å². The number of Topliss-reactive ketones (excluding diaryl/α,β-unsaturated/α-hetero) is 1. The molecule has 1 aromatic heterocycles. The molecule has 1 aliphatic heterocycles. The van der Waals surface area contributed by atoms with Crippen molar-refractivity contribution in [2.75, 3.05) is 4.90 Å². The molecule has 1 unspecified atom stereocenters. The van der Waals surface area contributed by atoms with Crippen LogP contribution < -0.4 is 9.64 Å². The monoisotopic (exact) mass is 707 g/mol. The molecule has 6 rings (SSSR count). The zero-order chi connectivity index (χ0) is 32.4. The van der Waals surface area contributed by atoms with Gasteiger partial charge in [0.2, 0.25) is 5.13 Å². The number of nitrogens with zero attached hydrogens (tertiary/aromatic N) is 3. The minimum atomic E-state index is -1.03. The van der Waals surface area contributed by atoms with Gasteiger partial charge in [0.05, 0.1) is 21.7 Å². The third-order valence-corrected chi connectivity index (χ3v) is 10.5. The molecule has 2 heterocycles. The smallest absolute Gasteiger partial charge is 0.301 e. The Morgan fingerprint density at radius 2 is 1.67 bits per heavy atom. The van der Waals surface area contributed by atoms with Crippen LogP contribution in [0, 0.1) is 6.92 Å². The molecule has 1 aliphatic rings. The minimum absolute atomic E-state index is 0.109. The fourth-order valence-corrected chi connectivity index (χ4v) is 7.17. The van der Waals surface area contributed by atoms with E-state index in [1.807, 2.05) is 55.5 Å². The average molecular weight is 709 g/mol. The predicted molar refractivity (Wildman–Crippen MR) is 184 cm³/mol. The summed E-state index contributed by atoms with van der Waals surface area (Å²) in [6, 6.07) is 25.8. The van der Waals surface area contributed by atoms with E-state index in [1.54, 1.807) is 42.5 Å². The zero-order valence-electron chi connectivity index (χ0n) is 24.1. The highest BCUT2D eigenvalue weighted by atomic mass is 35.5. The Bertz CT molecular complexity index is 1960. The number of rotatable bonds is 9. The van der Waals surface area contributed by atoms with Gasteiger partial charge >= 0.3 is 5.91 Å². The molecule has 5 aromatic rings. The Balaban J connectivity index is 1.31. The Morgan fingerprint density at radius 3 is 2.39 bits per heavy atom. The highest BCUT2D eigenvalue weighted by Gasteiger charge is 2.48. The Hall–Kier alpha value is -3.86. The van der Waals surface area contributed by atoms with Crippen LogP contribution in [0.5, 0.6) is 5.75 Å². The lowest BCUT2D eigenvalue weighted by Gasteiger charge is -2.23. The first-order chi connectivity index (χ1) is 22.2. The number of hydrogen-bond donors (Lipinski definition) is 1. The van der Waals surface area contributed by atoms with E-state index in [4.69, 9.17) is 39.5 Å². The molecule has 4 aromatic carbocycles. The molecule has 1 atom stereocenters. The molecule has 0 aliphatic carbocycles. The van der Waals surface area contributed by atoms with Gasteiger partial charge in [0, 0.05) is 16.3 Å². The van der Waals surface area contributed by atoms with Crippen molar-refractivity contribution in [1.29, 1.82) is 0 Å². The number of aliphatic hydroxyl groups excluding tert-OH is 1. The van der Waals surface area contributed by atoms with Crippen LogP contribution in [0.25, 0.3) is 5.76 Å². The van der Waals surface area contributed by atoms with Gasteiger partial charge in [-0.1, -0.05) is 100 Å². The van der Waals surface area contributed by atoms with E-state index in [0.717, 1.165) is 16.7 Å². The van der Waals surface area contributed by atoms with Crippen LogP contribution in [0.4, 0.5) is 5.13 Å². The van der Waals surface area contributed by atoms with Gasteiger partial charge in [0.25, 0.3) is 5.78 Å². The molecule has 0 spiro atoms. The largest absolute Gasteiger partial charge is 0.507 e. The van der Waals surface area contributed by atoms with E-state index in [-0.39, 0.29) is 21.5 Å². The number of amides is 1. The van der Waals surface area contributed by atoms with Crippen molar-refractivity contribution in [2.24, 2.45) is 0 Å². The van der Waals surface area contributed by atoms with Gasteiger partial charge in [-0.05, 0) is 77.7 Å². The molecular formula is C34H24Cl3N3O4S2. The third kappa shape index (κ3) is 6.79. The second-order valence-electron chi connectivity index (χ2n) is 10.3. The maximum absolute atomic E-state index is 13.6. The zero-order valence-corrected chi connectivity index (χ0v) is 28.0. The molecule has 1 amide bonds. The molecule has 7 nitrogen and oxygen atoms in total. The van der Waals surface area contributed by atoms with Crippen molar-refractivity contribution >= 4 is 80.5 Å². The van der Waals surface area contributed by atoms with Crippen molar-refractivity contribution in [1.82, 2.24) is 10.2 Å². The summed E-state index contributed by atoms with van der Waals surface area (Å²) in [6.07, 6.45) is 0. The lowest BCUT2D eigenvalue weighted by molar-refractivity contribution is -0.132. The molecule has 232 valence electrons. The molecule has 1 fully saturated rings. The number of halogens is 3. The van der Waals surface area contributed by atoms with Crippen molar-refractivity contribution in [3.63, 3.8) is 0 Å². The number of thioether (sulfide) groups is 1. The number of benzene rings is 4. The van der Waals surface area contributed by atoms with Crippen molar-refractivity contribution in [3.05, 3.63) is 139 Å². The van der Waals surface area contributed by atoms with Gasteiger partial charge in [-0.25, -0.2) is 0 Å². The van der Waals surface area contributed by atoms with E-state index in [1.165, 1.54) is 28.0 Å². The molecular weight excluding hydrogens is 685 g/mol. The summed E-state index contributed by atoms with van der Waals surface area (Å²) in [5.74, 6) is -0.867. The number of aryl methyl sites for hydroxylation is 1. The van der Waals surface area contributed by atoms with Gasteiger partial charge < -0.3 is 9.84 Å². The number of ketones is 1. The van der Waals surface area contributed by atoms with Crippen LogP contribution in [0.2, 0.25) is 15.1 Å². The maximum Gasteiger partial charge on any atom is 0.301 e. The molecule has 0 radical (unpaired) electrons. The van der Waals surface area contributed by atoms with Gasteiger partial charge in [-0.15, -0.1) is 10.2 Å². The fourth-order valence-electron chi connectivity index (χ4n) is 4.91. The summed E-state index contributed by atoms with van der Waals surface area (Å²) in [7, 11) is 0. The van der Waals surface area contributed by atoms with E-state index >= 15 is 0 Å². The van der Waals surface area contributed by atoms with Crippen LogP contribution in [0.1, 0.15) is 33.9 Å². The number of aliphatic hydroxyl groups is 1. The SMILES string of the molecule is Cc1ccccc1COc1ccc(C(O)=C2C(=O)C(=O)N(c3nnc(SCc4ccc(Cl)cc4)s3)C2c2ccc(Cl)c(Cl)c2)cc1. The first kappa shape index (κ1) is 32.1. The summed E-state index contributed by atoms with van der Waals surface area (Å²) < 4.78 is 6.54.